The summed E-state index contributed by atoms with van der Waals surface area (Å²) >= 11 is 0. The molecule has 0 aromatic heterocycles. The molecule has 0 aromatic carbocycles. The molecule has 2 atom stereocenters. The Morgan fingerprint density at radius 3 is 2.60 bits per heavy atom. The van der Waals surface area contributed by atoms with Gasteiger partial charge >= 0.3 is 0 Å². The van der Waals surface area contributed by atoms with Gasteiger partial charge in [0.2, 0.25) is 0 Å². The van der Waals surface area contributed by atoms with E-state index in [9.17, 15) is 0 Å². The summed E-state index contributed by atoms with van der Waals surface area (Å²) in [4.78, 5) is 0. The van der Waals surface area contributed by atoms with Crippen LogP contribution in [0.1, 0.15) is 65.7 Å². The van der Waals surface area contributed by atoms with Crippen molar-refractivity contribution in [3.63, 3.8) is 0 Å². The Labute approximate surface area is 124 Å². The molecule has 20 heavy (non-hydrogen) atoms. The Hall–Kier alpha value is -0.340. The molecule has 0 unspecified atom stereocenters. The summed E-state index contributed by atoms with van der Waals surface area (Å²) in [5.74, 6) is 1.20. The van der Waals surface area contributed by atoms with Gasteiger partial charge in [-0.05, 0) is 43.9 Å². The summed E-state index contributed by atoms with van der Waals surface area (Å²) in [6.07, 6.45) is 10.7. The van der Waals surface area contributed by atoms with E-state index >= 15 is 0 Å². The lowest BCUT2D eigenvalue weighted by Gasteiger charge is -2.53. The Kier molecular flexibility index (Phi) is 5.30. The predicted octanol–water partition coefficient (Wildman–Crippen LogP) is 4.94. The second kappa shape index (κ2) is 6.62. The first kappa shape index (κ1) is 16.0. The summed E-state index contributed by atoms with van der Waals surface area (Å²) in [5.41, 5.74) is 0.122. The van der Waals surface area contributed by atoms with E-state index in [1.807, 2.05) is 6.08 Å². The third-order valence-electron chi connectivity index (χ3n) is 5.76. The molecule has 0 N–H and O–H groups in total. The van der Waals surface area contributed by atoms with Crippen LogP contribution in [0.4, 0.5) is 0 Å². The zero-order valence-electron chi connectivity index (χ0n) is 13.6. The maximum Gasteiger partial charge on any atom is 0.173 e. The lowest BCUT2D eigenvalue weighted by molar-refractivity contribution is -0.268. The van der Waals surface area contributed by atoms with Gasteiger partial charge in [0.25, 0.3) is 0 Å². The zero-order valence-corrected chi connectivity index (χ0v) is 13.6. The van der Waals surface area contributed by atoms with Crippen molar-refractivity contribution in [2.24, 2.45) is 17.3 Å². The van der Waals surface area contributed by atoms with Crippen LogP contribution in [-0.4, -0.2) is 19.0 Å². The number of hydrogen-bond donors (Lipinski definition) is 0. The lowest BCUT2D eigenvalue weighted by Crippen LogP contribution is -2.54. The SMILES string of the molecule is C=CCCC[C@@H](CC)[C@H]1CCCC2(OCCO2)C1(C)C. The molecule has 2 fully saturated rings. The van der Waals surface area contributed by atoms with Gasteiger partial charge in [-0.15, -0.1) is 6.58 Å². The maximum absolute atomic E-state index is 6.11. The van der Waals surface area contributed by atoms with Crippen molar-refractivity contribution in [1.82, 2.24) is 0 Å². The number of unbranched alkanes of at least 4 members (excludes halogenated alkanes) is 1. The topological polar surface area (TPSA) is 18.5 Å². The van der Waals surface area contributed by atoms with E-state index < -0.39 is 0 Å². The molecule has 0 radical (unpaired) electrons. The van der Waals surface area contributed by atoms with Crippen LogP contribution in [-0.2, 0) is 9.47 Å². The monoisotopic (exact) mass is 280 g/mol. The van der Waals surface area contributed by atoms with Crippen LogP contribution in [0.15, 0.2) is 12.7 Å². The highest BCUT2D eigenvalue weighted by atomic mass is 16.7. The quantitative estimate of drug-likeness (QED) is 0.507. The molecule has 1 aliphatic carbocycles. The van der Waals surface area contributed by atoms with Crippen LogP contribution in [0, 0.1) is 17.3 Å². The summed E-state index contributed by atoms with van der Waals surface area (Å²) in [5, 5.41) is 0. The number of ether oxygens (including phenoxy) is 2. The molecule has 0 amide bonds. The van der Waals surface area contributed by atoms with Gasteiger partial charge in [0, 0.05) is 11.8 Å². The molecule has 116 valence electrons. The molecule has 2 heteroatoms. The molecular formula is C18H32O2. The van der Waals surface area contributed by atoms with Gasteiger partial charge in [-0.1, -0.05) is 33.3 Å². The van der Waals surface area contributed by atoms with Gasteiger partial charge in [-0.3, -0.25) is 0 Å². The molecule has 1 aliphatic heterocycles. The molecule has 1 spiro atoms. The summed E-state index contributed by atoms with van der Waals surface area (Å²) in [7, 11) is 0. The Bertz CT molecular complexity index is 315. The van der Waals surface area contributed by atoms with Crippen LogP contribution in [0.5, 0.6) is 0 Å². The van der Waals surface area contributed by atoms with Crippen LogP contribution in [0.3, 0.4) is 0 Å². The fraction of sp³-hybridized carbons (Fsp3) is 0.889. The van der Waals surface area contributed by atoms with Gasteiger partial charge < -0.3 is 9.47 Å². The third kappa shape index (κ3) is 2.82. The molecule has 1 heterocycles. The van der Waals surface area contributed by atoms with E-state index in [0.29, 0.717) is 5.92 Å². The van der Waals surface area contributed by atoms with Gasteiger partial charge in [0.15, 0.2) is 5.79 Å². The molecule has 1 saturated heterocycles. The normalized spacial score (nSPS) is 29.4. The van der Waals surface area contributed by atoms with Crippen LogP contribution in [0.2, 0.25) is 0 Å². The molecule has 0 aromatic rings. The Morgan fingerprint density at radius 2 is 2.00 bits per heavy atom. The first-order valence-electron chi connectivity index (χ1n) is 8.46. The third-order valence-corrected chi connectivity index (χ3v) is 5.76. The minimum atomic E-state index is -0.304. The fourth-order valence-corrected chi connectivity index (χ4v) is 4.53. The van der Waals surface area contributed by atoms with E-state index in [1.54, 1.807) is 0 Å². The fourth-order valence-electron chi connectivity index (χ4n) is 4.53. The van der Waals surface area contributed by atoms with Crippen molar-refractivity contribution in [2.75, 3.05) is 13.2 Å². The second-order valence-corrected chi connectivity index (χ2v) is 7.06. The first-order valence-corrected chi connectivity index (χ1v) is 8.46. The summed E-state index contributed by atoms with van der Waals surface area (Å²) in [6.45, 7) is 12.5. The molecule has 2 aliphatic rings. The van der Waals surface area contributed by atoms with Crippen molar-refractivity contribution < 1.29 is 9.47 Å². The minimum Gasteiger partial charge on any atom is -0.347 e. The van der Waals surface area contributed by atoms with Gasteiger partial charge in [-0.25, -0.2) is 0 Å². The lowest BCUT2D eigenvalue weighted by atomic mass is 9.59. The summed E-state index contributed by atoms with van der Waals surface area (Å²) in [6, 6.07) is 0. The van der Waals surface area contributed by atoms with Gasteiger partial charge in [0.05, 0.1) is 13.2 Å². The highest BCUT2D eigenvalue weighted by molar-refractivity contribution is 5.00. The van der Waals surface area contributed by atoms with Gasteiger partial charge in [-0.2, -0.15) is 0 Å². The molecular weight excluding hydrogens is 248 g/mol. The zero-order chi connectivity index (χ0) is 14.6. The van der Waals surface area contributed by atoms with Crippen molar-refractivity contribution in [3.05, 3.63) is 12.7 Å². The maximum atomic E-state index is 6.11. The average Bonchev–Trinajstić information content (AvgIpc) is 2.89. The molecule has 2 rings (SSSR count). The predicted molar refractivity (Wildman–Crippen MR) is 83.6 cm³/mol. The highest BCUT2D eigenvalue weighted by Crippen LogP contribution is 2.55. The molecule has 2 nitrogen and oxygen atoms in total. The van der Waals surface area contributed by atoms with Crippen LogP contribution >= 0.6 is 0 Å². The largest absolute Gasteiger partial charge is 0.347 e. The van der Waals surface area contributed by atoms with E-state index in [0.717, 1.165) is 32.0 Å². The van der Waals surface area contributed by atoms with Crippen molar-refractivity contribution >= 4 is 0 Å². The first-order chi connectivity index (χ1) is 9.57. The van der Waals surface area contributed by atoms with Gasteiger partial charge in [0.1, 0.15) is 0 Å². The van der Waals surface area contributed by atoms with E-state index in [1.165, 1.54) is 32.1 Å². The van der Waals surface area contributed by atoms with Crippen LogP contribution in [0.25, 0.3) is 0 Å². The van der Waals surface area contributed by atoms with Crippen molar-refractivity contribution in [3.8, 4) is 0 Å². The number of rotatable bonds is 6. The summed E-state index contributed by atoms with van der Waals surface area (Å²) < 4.78 is 12.2. The smallest absolute Gasteiger partial charge is 0.173 e. The van der Waals surface area contributed by atoms with Crippen molar-refractivity contribution in [1.29, 1.82) is 0 Å². The van der Waals surface area contributed by atoms with Crippen molar-refractivity contribution in [2.45, 2.75) is 71.5 Å². The second-order valence-electron chi connectivity index (χ2n) is 7.06. The Balaban J connectivity index is 2.10. The number of allylic oxidation sites excluding steroid dienone is 1. The average molecular weight is 280 g/mol. The standard InChI is InChI=1S/C18H32O2/c1-5-7-8-10-15(6-2)16-11-9-12-18(17(16,3)4)19-13-14-20-18/h5,15-16H,1,6-14H2,2-4H3/t15-,16-/m1/s1. The molecule has 0 bridgehead atoms. The van der Waals surface area contributed by atoms with E-state index in [4.69, 9.17) is 9.47 Å². The minimum absolute atomic E-state index is 0.122. The Morgan fingerprint density at radius 1 is 1.30 bits per heavy atom. The highest BCUT2D eigenvalue weighted by Gasteiger charge is 2.56. The van der Waals surface area contributed by atoms with E-state index in [2.05, 4.69) is 27.4 Å². The van der Waals surface area contributed by atoms with E-state index in [-0.39, 0.29) is 11.2 Å². The number of hydrogen-bond acceptors (Lipinski definition) is 2. The molecule has 1 saturated carbocycles. The van der Waals surface area contributed by atoms with Crippen LogP contribution < -0.4 is 0 Å².